The zero-order chi connectivity index (χ0) is 16.4. The quantitative estimate of drug-likeness (QED) is 0.884. The van der Waals surface area contributed by atoms with Crippen molar-refractivity contribution in [2.75, 3.05) is 6.54 Å². The summed E-state index contributed by atoms with van der Waals surface area (Å²) < 4.78 is 0. The lowest BCUT2D eigenvalue weighted by Gasteiger charge is -2.33. The summed E-state index contributed by atoms with van der Waals surface area (Å²) in [5.41, 5.74) is 0.933. The van der Waals surface area contributed by atoms with Crippen LogP contribution in [0, 0.1) is 0 Å². The fourth-order valence-electron chi connectivity index (χ4n) is 2.86. The summed E-state index contributed by atoms with van der Waals surface area (Å²) in [7, 11) is 0. The number of likely N-dealkylation sites (tertiary alicyclic amines) is 1. The minimum absolute atomic E-state index is 0.132. The van der Waals surface area contributed by atoms with Crippen LogP contribution in [0.5, 0.6) is 0 Å². The summed E-state index contributed by atoms with van der Waals surface area (Å²) in [5, 5.41) is 12.2. The van der Waals surface area contributed by atoms with Crippen LogP contribution in [0.25, 0.3) is 0 Å². The number of amides is 2. The zero-order valence-corrected chi connectivity index (χ0v) is 12.8. The Labute approximate surface area is 134 Å². The van der Waals surface area contributed by atoms with Gasteiger partial charge in [0.25, 0.3) is 11.8 Å². The average molecular weight is 316 g/mol. The third-order valence-corrected chi connectivity index (χ3v) is 4.36. The number of carboxylic acids is 1. The van der Waals surface area contributed by atoms with Gasteiger partial charge in [-0.15, -0.1) is 0 Å². The molecule has 2 aliphatic rings. The van der Waals surface area contributed by atoms with Crippen LogP contribution in [0.4, 0.5) is 0 Å². The molecule has 0 unspecified atom stereocenters. The topological polar surface area (TPSA) is 86.7 Å². The van der Waals surface area contributed by atoms with Gasteiger partial charge in [-0.2, -0.15) is 0 Å². The number of piperidine rings is 1. The summed E-state index contributed by atoms with van der Waals surface area (Å²) in [4.78, 5) is 37.2. The van der Waals surface area contributed by atoms with Crippen LogP contribution in [0.2, 0.25) is 0 Å². The number of carbonyl (C=O) groups is 3. The molecule has 1 aromatic rings. The lowest BCUT2D eigenvalue weighted by atomic mass is 10.0. The van der Waals surface area contributed by atoms with E-state index in [1.165, 1.54) is 4.90 Å². The van der Waals surface area contributed by atoms with Crippen molar-refractivity contribution in [1.29, 1.82) is 0 Å². The summed E-state index contributed by atoms with van der Waals surface area (Å²) in [5.74, 6) is -1.38. The highest BCUT2D eigenvalue weighted by molar-refractivity contribution is 5.99. The van der Waals surface area contributed by atoms with Crippen LogP contribution >= 0.6 is 0 Å². The Balaban J connectivity index is 1.71. The molecule has 2 amide bonds. The van der Waals surface area contributed by atoms with Crippen molar-refractivity contribution in [3.05, 3.63) is 35.4 Å². The van der Waals surface area contributed by atoms with Gasteiger partial charge >= 0.3 is 5.97 Å². The molecule has 2 N–H and O–H groups in total. The van der Waals surface area contributed by atoms with Gasteiger partial charge in [0.2, 0.25) is 0 Å². The minimum Gasteiger partial charge on any atom is -0.480 e. The van der Waals surface area contributed by atoms with Gasteiger partial charge in [0.15, 0.2) is 0 Å². The second-order valence-electron chi connectivity index (χ2n) is 6.17. The van der Waals surface area contributed by atoms with E-state index < -0.39 is 12.0 Å². The molecule has 6 heteroatoms. The molecular formula is C17H20N2O4. The normalized spacial score (nSPS) is 20.9. The maximum Gasteiger partial charge on any atom is 0.326 e. The maximum absolute atomic E-state index is 12.5. The highest BCUT2D eigenvalue weighted by Crippen LogP contribution is 2.21. The second kappa shape index (κ2) is 6.40. The van der Waals surface area contributed by atoms with Crippen molar-refractivity contribution in [3.8, 4) is 0 Å². The van der Waals surface area contributed by atoms with Crippen LogP contribution in [0.3, 0.4) is 0 Å². The van der Waals surface area contributed by atoms with Gasteiger partial charge in [-0.1, -0.05) is 0 Å². The van der Waals surface area contributed by atoms with E-state index in [-0.39, 0.29) is 17.9 Å². The Kier molecular flexibility index (Phi) is 4.32. The summed E-state index contributed by atoms with van der Waals surface area (Å²) in [6.45, 7) is 0.458. The van der Waals surface area contributed by atoms with Crippen molar-refractivity contribution in [1.82, 2.24) is 10.2 Å². The molecular weight excluding hydrogens is 296 g/mol. The number of hydrogen-bond donors (Lipinski definition) is 2. The minimum atomic E-state index is -0.960. The van der Waals surface area contributed by atoms with Gasteiger partial charge < -0.3 is 15.3 Å². The van der Waals surface area contributed by atoms with Crippen LogP contribution in [0.1, 0.15) is 52.8 Å². The second-order valence-corrected chi connectivity index (χ2v) is 6.17. The molecule has 1 aromatic carbocycles. The van der Waals surface area contributed by atoms with E-state index in [4.69, 9.17) is 0 Å². The Hall–Kier alpha value is -2.37. The highest BCUT2D eigenvalue weighted by Gasteiger charge is 2.32. The predicted molar refractivity (Wildman–Crippen MR) is 83.2 cm³/mol. The molecule has 23 heavy (non-hydrogen) atoms. The first-order valence-corrected chi connectivity index (χ1v) is 8.01. The van der Waals surface area contributed by atoms with Crippen molar-refractivity contribution < 1.29 is 19.5 Å². The first kappa shape index (κ1) is 15.5. The fraction of sp³-hybridized carbons (Fsp3) is 0.471. The van der Waals surface area contributed by atoms with E-state index in [9.17, 15) is 19.5 Å². The van der Waals surface area contributed by atoms with Crippen LogP contribution < -0.4 is 5.32 Å². The van der Waals surface area contributed by atoms with Crippen molar-refractivity contribution >= 4 is 17.8 Å². The molecule has 2 fully saturated rings. The molecule has 1 aliphatic carbocycles. The molecule has 0 aromatic heterocycles. The lowest BCUT2D eigenvalue weighted by Crippen LogP contribution is -2.48. The van der Waals surface area contributed by atoms with E-state index in [1.807, 2.05) is 0 Å². The van der Waals surface area contributed by atoms with E-state index in [1.54, 1.807) is 24.3 Å². The number of hydrogen-bond acceptors (Lipinski definition) is 3. The number of nitrogens with zero attached hydrogens (tertiary/aromatic N) is 1. The molecule has 1 atom stereocenters. The van der Waals surface area contributed by atoms with Crippen molar-refractivity contribution in [2.45, 2.75) is 44.2 Å². The monoisotopic (exact) mass is 316 g/mol. The van der Waals surface area contributed by atoms with Gasteiger partial charge in [0.1, 0.15) is 6.04 Å². The SMILES string of the molecule is O=C(NC1CC1)c1ccc(C(=O)N2CCCC[C@@H]2C(=O)O)cc1. The first-order valence-electron chi connectivity index (χ1n) is 8.01. The molecule has 0 radical (unpaired) electrons. The van der Waals surface area contributed by atoms with Gasteiger partial charge in [0.05, 0.1) is 0 Å². The Morgan fingerprint density at radius 1 is 1.00 bits per heavy atom. The molecule has 1 aliphatic heterocycles. The van der Waals surface area contributed by atoms with Crippen LogP contribution in [-0.2, 0) is 4.79 Å². The highest BCUT2D eigenvalue weighted by atomic mass is 16.4. The molecule has 0 spiro atoms. The van der Waals surface area contributed by atoms with Gasteiger partial charge in [0, 0.05) is 23.7 Å². The average Bonchev–Trinajstić information content (AvgIpc) is 3.38. The number of carbonyl (C=O) groups excluding carboxylic acids is 2. The van der Waals surface area contributed by atoms with Gasteiger partial charge in [-0.05, 0) is 56.4 Å². The van der Waals surface area contributed by atoms with E-state index in [2.05, 4.69) is 5.32 Å². The van der Waals surface area contributed by atoms with Crippen molar-refractivity contribution in [2.24, 2.45) is 0 Å². The molecule has 1 saturated carbocycles. The standard InChI is InChI=1S/C17H20N2O4/c20-15(18-13-8-9-13)11-4-6-12(7-5-11)16(21)19-10-2-1-3-14(19)17(22)23/h4-7,13-14H,1-3,8-10H2,(H,18,20)(H,22,23)/t14-/m1/s1. The fourth-order valence-corrected chi connectivity index (χ4v) is 2.86. The Morgan fingerprint density at radius 3 is 2.26 bits per heavy atom. The summed E-state index contributed by atoms with van der Waals surface area (Å²) in [6.07, 6.45) is 4.17. The molecule has 122 valence electrons. The number of rotatable bonds is 4. The molecule has 1 heterocycles. The number of carboxylic acid groups (broad SMARTS) is 1. The first-order chi connectivity index (χ1) is 11.1. The maximum atomic E-state index is 12.5. The Bertz CT molecular complexity index is 622. The summed E-state index contributed by atoms with van der Waals surface area (Å²) >= 11 is 0. The third-order valence-electron chi connectivity index (χ3n) is 4.36. The largest absolute Gasteiger partial charge is 0.480 e. The molecule has 0 bridgehead atoms. The Morgan fingerprint density at radius 2 is 1.65 bits per heavy atom. The van der Waals surface area contributed by atoms with E-state index in [0.717, 1.165) is 25.7 Å². The summed E-state index contributed by atoms with van der Waals surface area (Å²) in [6, 6.07) is 5.95. The van der Waals surface area contributed by atoms with Gasteiger partial charge in [-0.3, -0.25) is 9.59 Å². The lowest BCUT2D eigenvalue weighted by molar-refractivity contribution is -0.143. The van der Waals surface area contributed by atoms with Crippen LogP contribution in [-0.4, -0.2) is 46.4 Å². The predicted octanol–water partition coefficient (Wildman–Crippen LogP) is 1.66. The molecule has 1 saturated heterocycles. The molecule has 3 rings (SSSR count). The van der Waals surface area contributed by atoms with E-state index in [0.29, 0.717) is 24.1 Å². The third kappa shape index (κ3) is 3.52. The molecule has 6 nitrogen and oxygen atoms in total. The number of aliphatic carboxylic acids is 1. The number of nitrogens with one attached hydrogen (secondary N) is 1. The van der Waals surface area contributed by atoms with Gasteiger partial charge in [-0.25, -0.2) is 4.79 Å². The smallest absolute Gasteiger partial charge is 0.326 e. The number of benzene rings is 1. The van der Waals surface area contributed by atoms with Crippen molar-refractivity contribution in [3.63, 3.8) is 0 Å². The van der Waals surface area contributed by atoms with E-state index >= 15 is 0 Å². The van der Waals surface area contributed by atoms with Crippen LogP contribution in [0.15, 0.2) is 24.3 Å². The zero-order valence-electron chi connectivity index (χ0n) is 12.8.